The highest BCUT2D eigenvalue weighted by atomic mass is 16.6. The molecule has 42 heavy (non-hydrogen) atoms. The summed E-state index contributed by atoms with van der Waals surface area (Å²) in [6.07, 6.45) is 15.0. The molecule has 8 heteroatoms. The maximum Gasteiger partial charge on any atom is 0.158 e. The SMILES string of the molecule is CCC(C)C1CCC(NOC)CC1.CCCCCCc1nc(-c2cc3nc(N4CCCC4)cc(C)n3n2)c(C)nc1C. The molecule has 1 unspecified atom stereocenters. The van der Waals surface area contributed by atoms with Crippen LogP contribution in [-0.4, -0.2) is 50.8 Å². The maximum atomic E-state index is 4.99. The predicted molar refractivity (Wildman–Crippen MR) is 173 cm³/mol. The molecule has 8 nitrogen and oxygen atoms in total. The number of aromatic nitrogens is 5. The van der Waals surface area contributed by atoms with Crippen molar-refractivity contribution < 1.29 is 4.84 Å². The summed E-state index contributed by atoms with van der Waals surface area (Å²) in [6.45, 7) is 15.3. The molecular weight excluding hydrogens is 522 g/mol. The van der Waals surface area contributed by atoms with Gasteiger partial charge in [-0.05, 0) is 84.0 Å². The summed E-state index contributed by atoms with van der Waals surface area (Å²) in [4.78, 5) is 22.0. The van der Waals surface area contributed by atoms with E-state index in [9.17, 15) is 0 Å². The molecule has 1 N–H and O–H groups in total. The lowest BCUT2D eigenvalue weighted by Gasteiger charge is -2.31. The molecule has 1 saturated carbocycles. The van der Waals surface area contributed by atoms with Gasteiger partial charge < -0.3 is 9.74 Å². The quantitative estimate of drug-likeness (QED) is 0.186. The Hall–Kier alpha value is -2.58. The molecule has 2 aliphatic rings. The highest BCUT2D eigenvalue weighted by Crippen LogP contribution is 2.31. The molecule has 1 atom stereocenters. The molecule has 232 valence electrons. The third kappa shape index (κ3) is 8.28. The average molecular weight is 578 g/mol. The van der Waals surface area contributed by atoms with Crippen LogP contribution in [-0.2, 0) is 11.3 Å². The molecule has 0 amide bonds. The van der Waals surface area contributed by atoms with Gasteiger partial charge in [0.1, 0.15) is 17.2 Å². The van der Waals surface area contributed by atoms with Crippen molar-refractivity contribution in [3.8, 4) is 11.4 Å². The van der Waals surface area contributed by atoms with E-state index in [-0.39, 0.29) is 0 Å². The third-order valence-corrected chi connectivity index (χ3v) is 9.38. The lowest BCUT2D eigenvalue weighted by molar-refractivity contribution is 0.0393. The van der Waals surface area contributed by atoms with Crippen LogP contribution >= 0.6 is 0 Å². The lowest BCUT2D eigenvalue weighted by atomic mass is 9.78. The van der Waals surface area contributed by atoms with E-state index >= 15 is 0 Å². The normalized spacial score (nSPS) is 19.6. The fourth-order valence-electron chi connectivity index (χ4n) is 6.50. The Balaban J connectivity index is 0.000000262. The monoisotopic (exact) mass is 577 g/mol. The number of hydroxylamine groups is 1. The molecule has 1 aliphatic carbocycles. The minimum Gasteiger partial charge on any atom is -0.356 e. The van der Waals surface area contributed by atoms with Gasteiger partial charge in [0.15, 0.2) is 5.65 Å². The molecule has 0 bridgehead atoms. The maximum absolute atomic E-state index is 4.99. The molecule has 0 spiro atoms. The topological polar surface area (TPSA) is 80.5 Å². The Morgan fingerprint density at radius 3 is 2.33 bits per heavy atom. The van der Waals surface area contributed by atoms with Gasteiger partial charge in [-0.3, -0.25) is 4.98 Å². The summed E-state index contributed by atoms with van der Waals surface area (Å²) in [5.74, 6) is 2.92. The second kappa shape index (κ2) is 15.8. The molecule has 2 fully saturated rings. The van der Waals surface area contributed by atoms with E-state index in [4.69, 9.17) is 24.9 Å². The van der Waals surface area contributed by atoms with Crippen LogP contribution in [0, 0.1) is 32.6 Å². The van der Waals surface area contributed by atoms with Crippen LogP contribution in [0.25, 0.3) is 17.0 Å². The zero-order valence-electron chi connectivity index (χ0n) is 27.4. The first-order valence-corrected chi connectivity index (χ1v) is 16.6. The van der Waals surface area contributed by atoms with Gasteiger partial charge in [-0.25, -0.2) is 14.5 Å². The van der Waals surface area contributed by atoms with Crippen molar-refractivity contribution in [2.45, 2.75) is 125 Å². The second-order valence-corrected chi connectivity index (χ2v) is 12.6. The van der Waals surface area contributed by atoms with E-state index in [0.29, 0.717) is 6.04 Å². The van der Waals surface area contributed by atoms with Crippen LogP contribution in [0.15, 0.2) is 12.1 Å². The number of anilines is 1. The predicted octanol–water partition coefficient (Wildman–Crippen LogP) is 7.58. The first-order valence-electron chi connectivity index (χ1n) is 16.6. The minimum atomic E-state index is 0.602. The van der Waals surface area contributed by atoms with Gasteiger partial charge >= 0.3 is 0 Å². The van der Waals surface area contributed by atoms with Crippen LogP contribution in [0.4, 0.5) is 5.82 Å². The largest absolute Gasteiger partial charge is 0.356 e. The van der Waals surface area contributed by atoms with E-state index in [0.717, 1.165) is 83.4 Å². The Morgan fingerprint density at radius 2 is 1.67 bits per heavy atom. The summed E-state index contributed by atoms with van der Waals surface area (Å²) >= 11 is 0. The van der Waals surface area contributed by atoms with Crippen LogP contribution in [0.5, 0.6) is 0 Å². The average Bonchev–Trinajstić information content (AvgIpc) is 3.68. The zero-order valence-corrected chi connectivity index (χ0v) is 27.4. The van der Waals surface area contributed by atoms with Gasteiger partial charge in [0, 0.05) is 37.0 Å². The highest BCUT2D eigenvalue weighted by molar-refractivity contribution is 5.64. The molecule has 1 saturated heterocycles. The van der Waals surface area contributed by atoms with E-state index in [2.05, 4.69) is 57.1 Å². The summed E-state index contributed by atoms with van der Waals surface area (Å²) in [6, 6.07) is 4.80. The Morgan fingerprint density at radius 1 is 0.929 bits per heavy atom. The number of nitrogens with one attached hydrogen (secondary N) is 1. The number of hydrogen-bond donors (Lipinski definition) is 1. The van der Waals surface area contributed by atoms with E-state index in [1.807, 2.05) is 11.4 Å². The van der Waals surface area contributed by atoms with Gasteiger partial charge in [0.05, 0.1) is 24.2 Å². The molecule has 0 aromatic carbocycles. The molecule has 5 rings (SSSR count). The third-order valence-electron chi connectivity index (χ3n) is 9.38. The van der Waals surface area contributed by atoms with E-state index < -0.39 is 0 Å². The Labute approximate surface area is 254 Å². The van der Waals surface area contributed by atoms with E-state index in [1.165, 1.54) is 64.2 Å². The van der Waals surface area contributed by atoms with Gasteiger partial charge in [-0.15, -0.1) is 0 Å². The van der Waals surface area contributed by atoms with Crippen LogP contribution < -0.4 is 10.4 Å². The Kier molecular flexibility index (Phi) is 12.1. The summed E-state index contributed by atoms with van der Waals surface area (Å²) in [5, 5.41) is 4.82. The van der Waals surface area contributed by atoms with Crippen LogP contribution in [0.2, 0.25) is 0 Å². The molecule has 4 heterocycles. The number of nitrogens with zero attached hydrogens (tertiary/aromatic N) is 6. The Bertz CT molecular complexity index is 1260. The first-order chi connectivity index (χ1) is 20.3. The lowest BCUT2D eigenvalue weighted by Crippen LogP contribution is -2.33. The van der Waals surface area contributed by atoms with Crippen molar-refractivity contribution in [2.24, 2.45) is 11.8 Å². The van der Waals surface area contributed by atoms with Crippen LogP contribution in [0.3, 0.4) is 0 Å². The summed E-state index contributed by atoms with van der Waals surface area (Å²) in [5.41, 5.74) is 9.85. The van der Waals surface area contributed by atoms with Gasteiger partial charge in [-0.1, -0.05) is 46.5 Å². The highest BCUT2D eigenvalue weighted by Gasteiger charge is 2.24. The molecule has 0 radical (unpaired) electrons. The standard InChI is InChI=1S/C23H32N6.C11H23NO/c1-5-6-7-8-11-19-17(3)24-18(4)23(25-19)20-15-22-26-21(28-12-9-10-13-28)14-16(2)29(22)27-20;1-4-9(2)10-5-7-11(8-6-10)12-13-3/h14-15H,5-13H2,1-4H3;9-12H,4-8H2,1-3H3. The molecule has 3 aromatic rings. The molecule has 3 aromatic heterocycles. The van der Waals surface area contributed by atoms with Gasteiger partial charge in [-0.2, -0.15) is 10.6 Å². The van der Waals surface area contributed by atoms with Crippen molar-refractivity contribution in [1.82, 2.24) is 30.0 Å². The van der Waals surface area contributed by atoms with Crippen molar-refractivity contribution in [2.75, 3.05) is 25.1 Å². The first kappa shape index (κ1) is 32.3. The molecule has 1 aliphatic heterocycles. The number of aryl methyl sites for hydroxylation is 4. The summed E-state index contributed by atoms with van der Waals surface area (Å²) in [7, 11) is 1.71. The number of unbranched alkanes of at least 4 members (excludes halogenated alkanes) is 3. The fourth-order valence-corrected chi connectivity index (χ4v) is 6.50. The van der Waals surface area contributed by atoms with E-state index in [1.54, 1.807) is 7.11 Å². The minimum absolute atomic E-state index is 0.602. The van der Waals surface area contributed by atoms with Gasteiger partial charge in [0.2, 0.25) is 0 Å². The smallest absolute Gasteiger partial charge is 0.158 e. The van der Waals surface area contributed by atoms with Crippen molar-refractivity contribution >= 4 is 11.5 Å². The summed E-state index contributed by atoms with van der Waals surface area (Å²) < 4.78 is 1.93. The zero-order chi connectivity index (χ0) is 30.1. The van der Waals surface area contributed by atoms with Crippen LogP contribution in [0.1, 0.15) is 114 Å². The van der Waals surface area contributed by atoms with Crippen molar-refractivity contribution in [3.63, 3.8) is 0 Å². The van der Waals surface area contributed by atoms with Crippen molar-refractivity contribution in [1.29, 1.82) is 0 Å². The number of fused-ring (bicyclic) bond motifs is 1. The fraction of sp³-hybridized carbons (Fsp3) is 0.706. The second-order valence-electron chi connectivity index (χ2n) is 12.6. The van der Waals surface area contributed by atoms with Gasteiger partial charge in [0.25, 0.3) is 0 Å². The van der Waals surface area contributed by atoms with Crippen molar-refractivity contribution in [3.05, 3.63) is 34.9 Å². The molecular formula is C34H55N7O. The number of rotatable bonds is 11. The number of hydrogen-bond acceptors (Lipinski definition) is 7.